The van der Waals surface area contributed by atoms with Crippen LogP contribution < -0.4 is 0 Å². The van der Waals surface area contributed by atoms with E-state index >= 15 is 0 Å². The molecule has 0 radical (unpaired) electrons. The Morgan fingerprint density at radius 3 is 1.24 bits per heavy atom. The first kappa shape index (κ1) is 34.0. The van der Waals surface area contributed by atoms with E-state index in [1.807, 2.05) is 27.7 Å². The van der Waals surface area contributed by atoms with Crippen LogP contribution in [-0.4, -0.2) is 101 Å². The van der Waals surface area contributed by atoms with Crippen molar-refractivity contribution >= 4 is 35.5 Å². The number of carbonyl (C=O) groups is 2. The quantitative estimate of drug-likeness (QED) is 0.252. The van der Waals surface area contributed by atoms with E-state index in [0.717, 1.165) is 0 Å². The molecule has 2 rings (SSSR count). The number of esters is 2. The van der Waals surface area contributed by atoms with E-state index in [2.05, 4.69) is 0 Å². The van der Waals surface area contributed by atoms with Crippen molar-refractivity contribution < 1.29 is 38.0 Å². The number of ether oxygens (including phenoxy) is 6. The lowest BCUT2D eigenvalue weighted by Gasteiger charge is -2.33. The molecule has 0 aromatic carbocycles. The average molecular weight is 581 g/mol. The summed E-state index contributed by atoms with van der Waals surface area (Å²) < 4.78 is 33.2. The van der Waals surface area contributed by atoms with Crippen LogP contribution in [0.5, 0.6) is 0 Å². The molecule has 12 nitrogen and oxygen atoms in total. The van der Waals surface area contributed by atoms with Gasteiger partial charge in [0.25, 0.3) is 0 Å². The Balaban J connectivity index is 2.46. The number of hydrogen-bond acceptors (Lipinski definition) is 12. The second kappa shape index (κ2) is 15.7. The monoisotopic (exact) mass is 580 g/mol. The molecule has 0 aliphatic carbocycles. The molecule has 0 N–H and O–H groups in total. The van der Waals surface area contributed by atoms with Gasteiger partial charge in [-0.05, 0) is 51.4 Å². The zero-order chi connectivity index (χ0) is 30.7. The van der Waals surface area contributed by atoms with Gasteiger partial charge < -0.3 is 28.4 Å². The summed E-state index contributed by atoms with van der Waals surface area (Å²) in [6.45, 7) is 11.7. The molecule has 4 atom stereocenters. The molecule has 41 heavy (non-hydrogen) atoms. The zero-order valence-electron chi connectivity index (χ0n) is 26.3. The molecular weight excluding hydrogens is 532 g/mol. The highest BCUT2D eigenvalue weighted by Crippen LogP contribution is 2.37. The van der Waals surface area contributed by atoms with Crippen molar-refractivity contribution in [2.45, 2.75) is 91.4 Å². The van der Waals surface area contributed by atoms with Crippen LogP contribution in [0.2, 0.25) is 0 Å². The third kappa shape index (κ3) is 7.97. The molecule has 12 heteroatoms. The number of hydrogen-bond donors (Lipinski definition) is 0. The van der Waals surface area contributed by atoms with E-state index in [4.69, 9.17) is 48.4 Å². The fourth-order valence-corrected chi connectivity index (χ4v) is 5.02. The minimum atomic E-state index is -1.63. The van der Waals surface area contributed by atoms with Gasteiger partial charge in [0.2, 0.25) is 23.6 Å². The highest BCUT2D eigenvalue weighted by Gasteiger charge is 2.50. The van der Waals surface area contributed by atoms with E-state index in [-0.39, 0.29) is 62.8 Å². The van der Waals surface area contributed by atoms with Crippen LogP contribution in [0.1, 0.15) is 67.2 Å². The summed E-state index contributed by atoms with van der Waals surface area (Å²) in [5.74, 6) is 0.743. The second-order valence-corrected chi connectivity index (χ2v) is 10.7. The molecule has 2 heterocycles. The molecule has 0 amide bonds. The Morgan fingerprint density at radius 2 is 0.976 bits per heavy atom. The van der Waals surface area contributed by atoms with Crippen LogP contribution in [0.3, 0.4) is 0 Å². The molecule has 0 spiro atoms. The Kier molecular flexibility index (Phi) is 13.0. The Labute approximate surface area is 244 Å². The fourth-order valence-electron chi connectivity index (χ4n) is 5.02. The summed E-state index contributed by atoms with van der Waals surface area (Å²) in [5, 5.41) is 0. The van der Waals surface area contributed by atoms with E-state index < -0.39 is 29.4 Å². The maximum absolute atomic E-state index is 13.6. The van der Waals surface area contributed by atoms with E-state index in [1.165, 1.54) is 14.2 Å². The van der Waals surface area contributed by atoms with Crippen molar-refractivity contribution in [1.29, 1.82) is 0 Å². The van der Waals surface area contributed by atoms with Gasteiger partial charge in [0, 0.05) is 0 Å². The summed E-state index contributed by atoms with van der Waals surface area (Å²) >= 11 is 0. The highest BCUT2D eigenvalue weighted by molar-refractivity contribution is 6.01. The Bertz CT molecular complexity index is 940. The van der Waals surface area contributed by atoms with Gasteiger partial charge in [-0.2, -0.15) is 0 Å². The van der Waals surface area contributed by atoms with Crippen LogP contribution in [0.15, 0.2) is 20.0 Å². The van der Waals surface area contributed by atoms with Crippen LogP contribution in [0.25, 0.3) is 0 Å². The standard InChI is InChI=1S/C29H48N4O8/c1-11-40-27(34)29(28(35)41-12-2,15-13-19-23(36-7)32-21(17(3)4)25(30-19)38-9)16-14-20-24(37-8)33-22(18(5)6)26(31-20)39-10/h17-22H,11-16H2,1-10H3/t19-,20-,21+,22+/m0/s1. The van der Waals surface area contributed by atoms with Crippen LogP contribution in [0.4, 0.5) is 0 Å². The lowest BCUT2D eigenvalue weighted by Crippen LogP contribution is -2.45. The SMILES string of the molecule is CCOC(=O)C(CC[C@@H]1N=C(OC)[C@@H](C(C)C)N=C1OC)(CC[C@@H]1N=C(OC)[C@@H](C(C)C)N=C1OC)C(=O)OCC. The van der Waals surface area contributed by atoms with Gasteiger partial charge in [-0.3, -0.25) is 9.59 Å². The van der Waals surface area contributed by atoms with Crippen molar-refractivity contribution in [2.75, 3.05) is 41.7 Å². The number of carbonyl (C=O) groups excluding carboxylic acids is 2. The Morgan fingerprint density at radius 1 is 0.634 bits per heavy atom. The molecule has 0 bridgehead atoms. The molecule has 0 saturated heterocycles. The minimum Gasteiger partial charge on any atom is -0.483 e. The minimum absolute atomic E-state index is 0.0756. The first-order valence-corrected chi connectivity index (χ1v) is 14.3. The molecule has 0 aromatic heterocycles. The maximum Gasteiger partial charge on any atom is 0.323 e. The van der Waals surface area contributed by atoms with Crippen molar-refractivity contribution in [2.24, 2.45) is 37.2 Å². The highest BCUT2D eigenvalue weighted by atomic mass is 16.6. The van der Waals surface area contributed by atoms with Crippen LogP contribution in [-0.2, 0) is 38.0 Å². The van der Waals surface area contributed by atoms with Crippen LogP contribution in [0, 0.1) is 17.3 Å². The average Bonchev–Trinajstić information content (AvgIpc) is 2.96. The molecule has 0 aromatic rings. The molecule has 232 valence electrons. The first-order chi connectivity index (χ1) is 19.5. The zero-order valence-corrected chi connectivity index (χ0v) is 26.3. The van der Waals surface area contributed by atoms with E-state index in [9.17, 15) is 9.59 Å². The molecule has 2 aliphatic rings. The lowest BCUT2D eigenvalue weighted by molar-refractivity contribution is -0.173. The summed E-state index contributed by atoms with van der Waals surface area (Å²) in [6, 6.07) is -1.67. The van der Waals surface area contributed by atoms with Gasteiger partial charge in [0.15, 0.2) is 5.41 Å². The number of nitrogens with zero attached hydrogens (tertiary/aromatic N) is 4. The van der Waals surface area contributed by atoms with Crippen LogP contribution >= 0.6 is 0 Å². The molecule has 0 saturated carbocycles. The number of aliphatic imine (C=N–C) groups is 4. The predicted molar refractivity (Wildman–Crippen MR) is 157 cm³/mol. The first-order valence-electron chi connectivity index (χ1n) is 14.3. The van der Waals surface area contributed by atoms with Crippen molar-refractivity contribution in [3.8, 4) is 0 Å². The topological polar surface area (TPSA) is 139 Å². The molecular formula is C29H48N4O8. The lowest BCUT2D eigenvalue weighted by atomic mass is 9.76. The molecule has 0 unspecified atom stereocenters. The third-order valence-corrected chi connectivity index (χ3v) is 7.30. The smallest absolute Gasteiger partial charge is 0.323 e. The summed E-state index contributed by atoms with van der Waals surface area (Å²) in [4.78, 5) is 46.1. The summed E-state index contributed by atoms with van der Waals surface area (Å²) in [5.41, 5.74) is -1.63. The van der Waals surface area contributed by atoms with Gasteiger partial charge in [-0.25, -0.2) is 20.0 Å². The van der Waals surface area contributed by atoms with Gasteiger partial charge in [-0.1, -0.05) is 27.7 Å². The van der Waals surface area contributed by atoms with Crippen molar-refractivity contribution in [1.82, 2.24) is 0 Å². The van der Waals surface area contributed by atoms with E-state index in [0.29, 0.717) is 23.6 Å². The van der Waals surface area contributed by atoms with Gasteiger partial charge >= 0.3 is 11.9 Å². The largest absolute Gasteiger partial charge is 0.483 e. The third-order valence-electron chi connectivity index (χ3n) is 7.30. The van der Waals surface area contributed by atoms with Gasteiger partial charge in [0.1, 0.15) is 24.2 Å². The number of rotatable bonds is 12. The second-order valence-electron chi connectivity index (χ2n) is 10.7. The van der Waals surface area contributed by atoms with Gasteiger partial charge in [-0.15, -0.1) is 0 Å². The normalized spacial score (nSPS) is 22.7. The summed E-state index contributed by atoms with van der Waals surface area (Å²) in [7, 11) is 6.17. The predicted octanol–water partition coefficient (Wildman–Crippen LogP) is 3.65. The number of methoxy groups -OCH3 is 4. The molecule has 2 aliphatic heterocycles. The molecule has 0 fully saturated rings. The van der Waals surface area contributed by atoms with Crippen molar-refractivity contribution in [3.63, 3.8) is 0 Å². The van der Waals surface area contributed by atoms with Gasteiger partial charge in [0.05, 0.1) is 41.7 Å². The fraction of sp³-hybridized carbons (Fsp3) is 0.793. The maximum atomic E-state index is 13.6. The Hall–Kier alpha value is -3.18. The summed E-state index contributed by atoms with van der Waals surface area (Å²) in [6.07, 6.45) is 0.679. The van der Waals surface area contributed by atoms with E-state index in [1.54, 1.807) is 28.1 Å². The van der Waals surface area contributed by atoms with Crippen molar-refractivity contribution in [3.05, 3.63) is 0 Å².